The van der Waals surface area contributed by atoms with Crippen LogP contribution < -0.4 is 20.7 Å². The predicted molar refractivity (Wildman–Crippen MR) is 122 cm³/mol. The highest BCUT2D eigenvalue weighted by molar-refractivity contribution is 6.07. The topological polar surface area (TPSA) is 110 Å². The second-order valence-electron chi connectivity index (χ2n) is 7.68. The molecule has 184 valence electrons. The average molecular weight is 488 g/mol. The van der Waals surface area contributed by atoms with Gasteiger partial charge < -0.3 is 25.4 Å². The molecule has 1 saturated heterocycles. The van der Waals surface area contributed by atoms with Crippen molar-refractivity contribution in [3.8, 4) is 5.75 Å². The lowest BCUT2D eigenvalue weighted by Gasteiger charge is -2.17. The van der Waals surface area contributed by atoms with Crippen LogP contribution in [0.15, 0.2) is 48.8 Å². The molecule has 12 heteroatoms. The van der Waals surface area contributed by atoms with E-state index in [0.717, 1.165) is 12.1 Å². The first-order chi connectivity index (χ1) is 16.8. The van der Waals surface area contributed by atoms with Gasteiger partial charge in [-0.3, -0.25) is 4.79 Å². The molecular weight excluding hydrogens is 465 g/mol. The third-order valence-electron chi connectivity index (χ3n) is 5.11. The van der Waals surface area contributed by atoms with Crippen molar-refractivity contribution >= 4 is 23.4 Å². The van der Waals surface area contributed by atoms with E-state index in [2.05, 4.69) is 30.9 Å². The van der Waals surface area contributed by atoms with Crippen LogP contribution in [0.4, 0.5) is 30.6 Å². The Bertz CT molecular complexity index is 1190. The first-order valence-electron chi connectivity index (χ1n) is 10.8. The van der Waals surface area contributed by atoms with Crippen LogP contribution in [0.25, 0.3) is 0 Å². The highest BCUT2D eigenvalue weighted by Crippen LogP contribution is 2.35. The number of nitrogens with zero attached hydrogens (tertiary/aromatic N) is 3. The van der Waals surface area contributed by atoms with Crippen molar-refractivity contribution < 1.29 is 27.4 Å². The Morgan fingerprint density at radius 3 is 2.80 bits per heavy atom. The summed E-state index contributed by atoms with van der Waals surface area (Å²) in [6, 6.07) is 7.91. The van der Waals surface area contributed by atoms with E-state index in [1.165, 1.54) is 18.3 Å². The van der Waals surface area contributed by atoms with E-state index < -0.39 is 17.6 Å². The number of amides is 1. The van der Waals surface area contributed by atoms with Gasteiger partial charge in [-0.05, 0) is 30.3 Å². The number of alkyl halides is 3. The van der Waals surface area contributed by atoms with Crippen LogP contribution in [0.1, 0.15) is 28.0 Å². The minimum absolute atomic E-state index is 0.000686. The Morgan fingerprint density at radius 1 is 1.20 bits per heavy atom. The molecule has 1 aromatic carbocycles. The molecule has 0 saturated carbocycles. The molecule has 0 aliphatic carbocycles. The number of anilines is 3. The summed E-state index contributed by atoms with van der Waals surface area (Å²) >= 11 is 0. The first-order valence-corrected chi connectivity index (χ1v) is 10.8. The van der Waals surface area contributed by atoms with Crippen LogP contribution >= 0.6 is 0 Å². The second kappa shape index (κ2) is 10.6. The van der Waals surface area contributed by atoms with Crippen LogP contribution in [0, 0.1) is 0 Å². The fourth-order valence-corrected chi connectivity index (χ4v) is 3.42. The van der Waals surface area contributed by atoms with Crippen molar-refractivity contribution in [3.63, 3.8) is 0 Å². The largest absolute Gasteiger partial charge is 0.488 e. The van der Waals surface area contributed by atoms with Crippen molar-refractivity contribution in [2.45, 2.75) is 25.2 Å². The molecule has 1 amide bonds. The standard InChI is InChI=1S/C23H23F3N6O3/c1-27-22-29-7-4-15(32-22)12-30-20-19(3-2-6-28-20)21(33)31-16-9-14(23(24,25)26)10-18(11-16)35-17-5-8-34-13-17/h2-4,6-7,9-11,17H,5,8,12-13H2,1H3,(H,28,30)(H,31,33)(H,27,29,32)/t17-/m1/s1. The first kappa shape index (κ1) is 24.2. The van der Waals surface area contributed by atoms with E-state index in [4.69, 9.17) is 9.47 Å². The maximum Gasteiger partial charge on any atom is 0.416 e. The van der Waals surface area contributed by atoms with Gasteiger partial charge in [0.15, 0.2) is 0 Å². The number of carbonyl (C=O) groups excluding carboxylic acids is 1. The molecule has 3 aromatic rings. The Morgan fingerprint density at radius 2 is 2.06 bits per heavy atom. The fraction of sp³-hybridized carbons (Fsp3) is 0.304. The molecule has 3 N–H and O–H groups in total. The van der Waals surface area contributed by atoms with Crippen LogP contribution in [0.5, 0.6) is 5.75 Å². The molecule has 2 aromatic heterocycles. The van der Waals surface area contributed by atoms with Crippen molar-refractivity contribution in [3.05, 3.63) is 65.6 Å². The van der Waals surface area contributed by atoms with Gasteiger partial charge in [0.05, 0.1) is 36.6 Å². The van der Waals surface area contributed by atoms with Crippen LogP contribution in [-0.2, 0) is 17.5 Å². The number of hydrogen-bond acceptors (Lipinski definition) is 8. The van der Waals surface area contributed by atoms with Gasteiger partial charge in [0.25, 0.3) is 5.91 Å². The summed E-state index contributed by atoms with van der Waals surface area (Å²) in [5.74, 6) is 0.0594. The summed E-state index contributed by atoms with van der Waals surface area (Å²) in [5.41, 5.74) is -0.183. The number of aromatic nitrogens is 3. The maximum absolute atomic E-state index is 13.5. The maximum atomic E-state index is 13.5. The molecule has 0 spiro atoms. The number of hydrogen-bond donors (Lipinski definition) is 3. The molecule has 0 bridgehead atoms. The van der Waals surface area contributed by atoms with Crippen LogP contribution in [0.3, 0.4) is 0 Å². The summed E-state index contributed by atoms with van der Waals surface area (Å²) in [7, 11) is 1.69. The Labute approximate surface area is 199 Å². The third kappa shape index (κ3) is 6.35. The molecular formula is C23H23F3N6O3. The van der Waals surface area contributed by atoms with Crippen molar-refractivity contribution in [2.75, 3.05) is 36.2 Å². The molecule has 35 heavy (non-hydrogen) atoms. The van der Waals surface area contributed by atoms with Gasteiger partial charge >= 0.3 is 6.18 Å². The number of halogens is 3. The average Bonchev–Trinajstić information content (AvgIpc) is 3.35. The van der Waals surface area contributed by atoms with Gasteiger partial charge in [0.2, 0.25) is 5.95 Å². The van der Waals surface area contributed by atoms with E-state index in [-0.39, 0.29) is 35.5 Å². The van der Waals surface area contributed by atoms with Gasteiger partial charge in [0, 0.05) is 37.6 Å². The van der Waals surface area contributed by atoms with Gasteiger partial charge in [-0.15, -0.1) is 0 Å². The highest BCUT2D eigenvalue weighted by Gasteiger charge is 2.32. The number of rotatable bonds is 8. The molecule has 1 aliphatic heterocycles. The van der Waals surface area contributed by atoms with E-state index in [9.17, 15) is 18.0 Å². The number of pyridine rings is 1. The Hall–Kier alpha value is -3.93. The molecule has 0 radical (unpaired) electrons. The quantitative estimate of drug-likeness (QED) is 0.437. The van der Waals surface area contributed by atoms with E-state index in [1.807, 2.05) is 0 Å². The van der Waals surface area contributed by atoms with Gasteiger partial charge in [-0.2, -0.15) is 13.2 Å². The van der Waals surface area contributed by atoms with Crippen molar-refractivity contribution in [2.24, 2.45) is 0 Å². The lowest BCUT2D eigenvalue weighted by molar-refractivity contribution is -0.137. The molecule has 4 rings (SSSR count). The summed E-state index contributed by atoms with van der Waals surface area (Å²) < 4.78 is 51.3. The summed E-state index contributed by atoms with van der Waals surface area (Å²) in [5, 5.41) is 8.40. The number of carbonyl (C=O) groups is 1. The van der Waals surface area contributed by atoms with Gasteiger partial charge in [-0.25, -0.2) is 15.0 Å². The van der Waals surface area contributed by atoms with E-state index >= 15 is 0 Å². The minimum Gasteiger partial charge on any atom is -0.488 e. The van der Waals surface area contributed by atoms with E-state index in [1.54, 1.807) is 25.4 Å². The smallest absolute Gasteiger partial charge is 0.416 e. The summed E-state index contributed by atoms with van der Waals surface area (Å²) in [6.07, 6.45) is -1.30. The van der Waals surface area contributed by atoms with Crippen molar-refractivity contribution in [1.82, 2.24) is 15.0 Å². The number of nitrogens with one attached hydrogen (secondary N) is 3. The minimum atomic E-state index is -4.62. The Balaban J connectivity index is 1.53. The lowest BCUT2D eigenvalue weighted by atomic mass is 10.1. The zero-order valence-electron chi connectivity index (χ0n) is 18.7. The molecule has 0 unspecified atom stereocenters. The fourth-order valence-electron chi connectivity index (χ4n) is 3.42. The highest BCUT2D eigenvalue weighted by atomic mass is 19.4. The third-order valence-corrected chi connectivity index (χ3v) is 5.11. The molecule has 9 nitrogen and oxygen atoms in total. The zero-order valence-corrected chi connectivity index (χ0v) is 18.7. The van der Waals surface area contributed by atoms with Crippen LogP contribution in [-0.4, -0.2) is 47.2 Å². The molecule has 3 heterocycles. The SMILES string of the molecule is CNc1nccc(CNc2ncccc2C(=O)Nc2cc(O[C@@H]3CCOC3)cc(C(F)(F)F)c2)n1. The summed E-state index contributed by atoms with van der Waals surface area (Å²) in [4.78, 5) is 25.5. The summed E-state index contributed by atoms with van der Waals surface area (Å²) in [6.45, 7) is 1.03. The predicted octanol–water partition coefficient (Wildman–Crippen LogP) is 3.96. The normalized spacial score (nSPS) is 15.5. The lowest BCUT2D eigenvalue weighted by Crippen LogP contribution is -2.18. The second-order valence-corrected chi connectivity index (χ2v) is 7.68. The van der Waals surface area contributed by atoms with E-state index in [0.29, 0.717) is 31.3 Å². The van der Waals surface area contributed by atoms with Crippen molar-refractivity contribution in [1.29, 1.82) is 0 Å². The van der Waals surface area contributed by atoms with Gasteiger partial charge in [-0.1, -0.05) is 0 Å². The monoisotopic (exact) mass is 488 g/mol. The van der Waals surface area contributed by atoms with Crippen LogP contribution in [0.2, 0.25) is 0 Å². The molecule has 1 fully saturated rings. The number of ether oxygens (including phenoxy) is 2. The Kier molecular flexibility index (Phi) is 7.30. The molecule has 1 aliphatic rings. The number of benzene rings is 1. The zero-order chi connectivity index (χ0) is 24.8. The van der Waals surface area contributed by atoms with Gasteiger partial charge in [0.1, 0.15) is 17.7 Å². The molecule has 1 atom stereocenters.